The van der Waals surface area contributed by atoms with Crippen molar-refractivity contribution in [3.8, 4) is 0 Å². The minimum Gasteiger partial charge on any atom is -0.378 e. The molecule has 0 radical (unpaired) electrons. The number of nitrogens with one attached hydrogen (secondary N) is 1. The fourth-order valence-corrected chi connectivity index (χ4v) is 2.94. The topological polar surface area (TPSA) is 41.6 Å². The smallest absolute Gasteiger partial charge is 0.232 e. The molecule has 0 saturated carbocycles. The van der Waals surface area contributed by atoms with Crippen LogP contribution in [0.3, 0.4) is 0 Å². The van der Waals surface area contributed by atoms with E-state index in [9.17, 15) is 4.79 Å². The van der Waals surface area contributed by atoms with E-state index in [4.69, 9.17) is 16.3 Å². The fourth-order valence-electron chi connectivity index (χ4n) is 2.77. The number of rotatable bonds is 1. The van der Waals surface area contributed by atoms with Crippen molar-refractivity contribution in [1.82, 2.24) is 0 Å². The first-order valence-corrected chi connectivity index (χ1v) is 6.53. The third-order valence-electron chi connectivity index (χ3n) is 3.65. The number of nitrogens with zero attached hydrogens (tertiary/aromatic N) is 1. The van der Waals surface area contributed by atoms with Gasteiger partial charge >= 0.3 is 0 Å². The van der Waals surface area contributed by atoms with Crippen LogP contribution in [-0.4, -0.2) is 31.7 Å². The summed E-state index contributed by atoms with van der Waals surface area (Å²) in [6, 6.07) is 5.74. The van der Waals surface area contributed by atoms with Gasteiger partial charge in [-0.3, -0.25) is 4.79 Å². The Kier molecular flexibility index (Phi) is 2.92. The molecule has 96 valence electrons. The first-order valence-electron chi connectivity index (χ1n) is 6.15. The van der Waals surface area contributed by atoms with Crippen molar-refractivity contribution in [3.05, 3.63) is 23.2 Å². The summed E-state index contributed by atoms with van der Waals surface area (Å²) in [7, 11) is 0. The summed E-state index contributed by atoms with van der Waals surface area (Å²) < 4.78 is 5.46. The molecular formula is C13H15ClN2O2. The fraction of sp³-hybridized carbons (Fsp3) is 0.462. The van der Waals surface area contributed by atoms with Crippen molar-refractivity contribution < 1.29 is 9.53 Å². The van der Waals surface area contributed by atoms with Gasteiger partial charge in [0, 0.05) is 11.6 Å². The number of carbonyl (C=O) groups excluding carboxylic acids is 1. The Labute approximate surface area is 111 Å². The van der Waals surface area contributed by atoms with Crippen LogP contribution < -0.4 is 10.2 Å². The Bertz CT molecular complexity index is 492. The zero-order chi connectivity index (χ0) is 12.7. The van der Waals surface area contributed by atoms with E-state index in [1.807, 2.05) is 12.1 Å². The molecule has 0 aliphatic carbocycles. The summed E-state index contributed by atoms with van der Waals surface area (Å²) in [6.45, 7) is 4.03. The van der Waals surface area contributed by atoms with Gasteiger partial charge in [0.2, 0.25) is 5.91 Å². The third kappa shape index (κ3) is 1.76. The molecule has 1 saturated heterocycles. The normalized spacial score (nSPS) is 26.3. The van der Waals surface area contributed by atoms with Crippen LogP contribution in [0, 0.1) is 5.92 Å². The number of amides is 1. The molecule has 3 rings (SSSR count). The van der Waals surface area contributed by atoms with E-state index in [1.165, 1.54) is 0 Å². The van der Waals surface area contributed by atoms with Crippen LogP contribution in [0.15, 0.2) is 18.2 Å². The van der Waals surface area contributed by atoms with Crippen LogP contribution in [0.1, 0.15) is 6.92 Å². The zero-order valence-electron chi connectivity index (χ0n) is 10.1. The lowest BCUT2D eigenvalue weighted by Crippen LogP contribution is -2.42. The van der Waals surface area contributed by atoms with Gasteiger partial charge in [-0.15, -0.1) is 0 Å². The summed E-state index contributed by atoms with van der Waals surface area (Å²) in [5, 5.41) is 3.59. The number of benzene rings is 1. The molecule has 1 amide bonds. The Morgan fingerprint density at radius 2 is 2.33 bits per heavy atom. The first-order chi connectivity index (χ1) is 8.70. The van der Waals surface area contributed by atoms with Crippen molar-refractivity contribution in [1.29, 1.82) is 0 Å². The van der Waals surface area contributed by atoms with E-state index in [-0.39, 0.29) is 17.9 Å². The average molecular weight is 267 g/mol. The molecule has 0 aromatic heterocycles. The lowest BCUT2D eigenvalue weighted by atomic mass is 10.0. The van der Waals surface area contributed by atoms with Gasteiger partial charge in [-0.25, -0.2) is 0 Å². The number of likely N-dealkylation sites (N-methyl/N-ethyl adjacent to an activating group) is 1. The maximum atomic E-state index is 12.2. The van der Waals surface area contributed by atoms with Gasteiger partial charge in [0.15, 0.2) is 0 Å². The molecule has 1 aromatic rings. The number of fused-ring (bicyclic) bond motifs is 2. The molecular weight excluding hydrogens is 252 g/mol. The highest BCUT2D eigenvalue weighted by atomic mass is 35.5. The van der Waals surface area contributed by atoms with E-state index in [1.54, 1.807) is 6.07 Å². The number of hydrogen-bond acceptors (Lipinski definition) is 3. The van der Waals surface area contributed by atoms with Crippen LogP contribution in [0.5, 0.6) is 0 Å². The van der Waals surface area contributed by atoms with Crippen molar-refractivity contribution in [2.75, 3.05) is 30.0 Å². The predicted molar refractivity (Wildman–Crippen MR) is 71.2 cm³/mol. The Morgan fingerprint density at radius 3 is 3.11 bits per heavy atom. The van der Waals surface area contributed by atoms with Crippen LogP contribution in [-0.2, 0) is 9.53 Å². The maximum Gasteiger partial charge on any atom is 0.232 e. The van der Waals surface area contributed by atoms with Crippen LogP contribution in [0.25, 0.3) is 0 Å². The second-order valence-electron chi connectivity index (χ2n) is 4.65. The number of anilines is 2. The number of halogens is 1. The minimum atomic E-state index is -0.101. The van der Waals surface area contributed by atoms with Gasteiger partial charge in [0.05, 0.1) is 36.5 Å². The molecule has 2 unspecified atom stereocenters. The molecule has 5 heteroatoms. The molecule has 18 heavy (non-hydrogen) atoms. The zero-order valence-corrected chi connectivity index (χ0v) is 10.9. The highest BCUT2D eigenvalue weighted by molar-refractivity contribution is 6.31. The van der Waals surface area contributed by atoms with Crippen molar-refractivity contribution in [2.45, 2.75) is 13.0 Å². The molecule has 2 heterocycles. The van der Waals surface area contributed by atoms with Crippen LogP contribution >= 0.6 is 11.6 Å². The van der Waals surface area contributed by atoms with E-state index in [0.717, 1.165) is 17.9 Å². The van der Waals surface area contributed by atoms with E-state index < -0.39 is 0 Å². The molecule has 2 atom stereocenters. The largest absolute Gasteiger partial charge is 0.378 e. The number of carbonyl (C=O) groups is 1. The van der Waals surface area contributed by atoms with Gasteiger partial charge in [0.25, 0.3) is 0 Å². The van der Waals surface area contributed by atoms with E-state index in [0.29, 0.717) is 18.2 Å². The highest BCUT2D eigenvalue weighted by Gasteiger charge is 2.40. The van der Waals surface area contributed by atoms with Gasteiger partial charge in [-0.2, -0.15) is 0 Å². The molecule has 1 N–H and O–H groups in total. The van der Waals surface area contributed by atoms with Crippen molar-refractivity contribution in [3.63, 3.8) is 0 Å². The summed E-state index contributed by atoms with van der Waals surface area (Å²) >= 11 is 5.99. The van der Waals surface area contributed by atoms with Crippen LogP contribution in [0.4, 0.5) is 11.4 Å². The first kappa shape index (κ1) is 11.8. The second kappa shape index (κ2) is 4.44. The average Bonchev–Trinajstić information content (AvgIpc) is 2.78. The summed E-state index contributed by atoms with van der Waals surface area (Å²) in [5.74, 6) is -0.0758. The molecule has 1 fully saturated rings. The monoisotopic (exact) mass is 266 g/mol. The summed E-state index contributed by atoms with van der Waals surface area (Å²) in [4.78, 5) is 14.4. The van der Waals surface area contributed by atoms with Gasteiger partial charge < -0.3 is 15.0 Å². The van der Waals surface area contributed by atoms with E-state index in [2.05, 4.69) is 17.1 Å². The Balaban J connectivity index is 2.09. The highest BCUT2D eigenvalue weighted by Crippen LogP contribution is 2.36. The summed E-state index contributed by atoms with van der Waals surface area (Å²) in [6.07, 6.45) is 0. The standard InChI is InChI=1S/C13H15ClN2O2/c1-2-16-11-4-3-8(14)5-10(11)15-13(17)9-6-18-7-12(9)16/h3-5,9,12H,2,6-7H2,1H3,(H,15,17). The Morgan fingerprint density at radius 1 is 1.50 bits per heavy atom. The number of ether oxygens (including phenoxy) is 1. The van der Waals surface area contributed by atoms with Crippen LogP contribution in [0.2, 0.25) is 5.02 Å². The molecule has 4 nitrogen and oxygen atoms in total. The second-order valence-corrected chi connectivity index (χ2v) is 5.08. The van der Waals surface area contributed by atoms with Gasteiger partial charge in [-0.05, 0) is 25.1 Å². The number of hydrogen-bond donors (Lipinski definition) is 1. The molecule has 0 spiro atoms. The van der Waals surface area contributed by atoms with Crippen molar-refractivity contribution in [2.24, 2.45) is 5.92 Å². The lowest BCUT2D eigenvalue weighted by molar-refractivity contribution is -0.120. The molecule has 2 aliphatic rings. The lowest BCUT2D eigenvalue weighted by Gasteiger charge is -2.30. The Hall–Kier alpha value is -1.26. The summed E-state index contributed by atoms with van der Waals surface area (Å²) in [5.41, 5.74) is 1.82. The molecule has 0 bridgehead atoms. The maximum absolute atomic E-state index is 12.2. The molecule has 1 aromatic carbocycles. The van der Waals surface area contributed by atoms with Crippen molar-refractivity contribution >= 4 is 28.9 Å². The van der Waals surface area contributed by atoms with Gasteiger partial charge in [0.1, 0.15) is 0 Å². The van der Waals surface area contributed by atoms with Gasteiger partial charge in [-0.1, -0.05) is 11.6 Å². The predicted octanol–water partition coefficient (Wildman–Crippen LogP) is 2.13. The quantitative estimate of drug-likeness (QED) is 0.847. The SMILES string of the molecule is CCN1c2ccc(Cl)cc2NC(=O)C2COCC21. The van der Waals surface area contributed by atoms with E-state index >= 15 is 0 Å². The third-order valence-corrected chi connectivity index (χ3v) is 3.89. The molecule has 2 aliphatic heterocycles. The minimum absolute atomic E-state index is 0.0250.